The van der Waals surface area contributed by atoms with Crippen molar-refractivity contribution >= 4 is 46.4 Å². The van der Waals surface area contributed by atoms with Gasteiger partial charge in [0.15, 0.2) is 0 Å². The second-order valence-corrected chi connectivity index (χ2v) is 8.25. The van der Waals surface area contributed by atoms with Crippen molar-refractivity contribution in [3.8, 4) is 0 Å². The first-order chi connectivity index (χ1) is 14.5. The third-order valence-electron chi connectivity index (χ3n) is 5.44. The normalized spacial score (nSPS) is 18.5. The Hall–Kier alpha value is -2.12. The lowest BCUT2D eigenvalue weighted by atomic mass is 10.0. The fraction of sp³-hybridized carbons (Fsp3) is 0.364. The summed E-state index contributed by atoms with van der Waals surface area (Å²) in [5, 5.41) is 3.97. The Kier molecular flexibility index (Phi) is 6.58. The van der Waals surface area contributed by atoms with E-state index in [4.69, 9.17) is 27.9 Å². The molecule has 2 aliphatic heterocycles. The molecule has 2 aromatic rings. The first kappa shape index (κ1) is 21.1. The number of carbonyl (C=O) groups excluding carboxylic acids is 2. The maximum atomic E-state index is 13.3. The van der Waals surface area contributed by atoms with Crippen molar-refractivity contribution in [1.82, 2.24) is 4.90 Å². The standard InChI is InChI=1S/C22H23Cl2N3O3/c23-15-3-8-18(19(24)14-15)21(26-10-12-30-13-11-26)22(29)25-16-4-6-17(7-5-16)27-9-1-2-20(27)28/h3-8,14,21H,1-2,9-13H2,(H,25,29). The minimum atomic E-state index is -0.557. The topological polar surface area (TPSA) is 61.9 Å². The molecule has 0 spiro atoms. The largest absolute Gasteiger partial charge is 0.379 e. The number of anilines is 2. The highest BCUT2D eigenvalue weighted by molar-refractivity contribution is 6.35. The summed E-state index contributed by atoms with van der Waals surface area (Å²) in [6, 6.07) is 12.0. The van der Waals surface area contributed by atoms with Gasteiger partial charge in [0.1, 0.15) is 6.04 Å². The van der Waals surface area contributed by atoms with E-state index in [1.165, 1.54) is 0 Å². The molecule has 2 fully saturated rings. The molecule has 2 aliphatic rings. The molecule has 4 rings (SSSR count). The average molecular weight is 448 g/mol. The fourth-order valence-corrected chi connectivity index (χ4v) is 4.43. The van der Waals surface area contributed by atoms with Crippen molar-refractivity contribution in [2.75, 3.05) is 43.1 Å². The summed E-state index contributed by atoms with van der Waals surface area (Å²) in [7, 11) is 0. The molecule has 6 nitrogen and oxygen atoms in total. The first-order valence-corrected chi connectivity index (χ1v) is 10.8. The number of amides is 2. The van der Waals surface area contributed by atoms with E-state index in [-0.39, 0.29) is 11.8 Å². The zero-order valence-corrected chi connectivity index (χ0v) is 18.0. The molecule has 0 aliphatic carbocycles. The van der Waals surface area contributed by atoms with Crippen molar-refractivity contribution in [2.45, 2.75) is 18.9 Å². The summed E-state index contributed by atoms with van der Waals surface area (Å²) in [5.74, 6) is -0.0392. The molecule has 2 amide bonds. The number of rotatable bonds is 5. The van der Waals surface area contributed by atoms with Crippen LogP contribution in [0.5, 0.6) is 0 Å². The van der Waals surface area contributed by atoms with Crippen LogP contribution < -0.4 is 10.2 Å². The Morgan fingerprint density at radius 1 is 1.03 bits per heavy atom. The molecule has 2 aromatic carbocycles. The van der Waals surface area contributed by atoms with Gasteiger partial charge in [0, 0.05) is 47.5 Å². The van der Waals surface area contributed by atoms with E-state index in [1.807, 2.05) is 24.3 Å². The number of nitrogens with zero attached hydrogens (tertiary/aromatic N) is 2. The van der Waals surface area contributed by atoms with E-state index in [1.54, 1.807) is 23.1 Å². The molecular weight excluding hydrogens is 425 g/mol. The number of ether oxygens (including phenoxy) is 1. The number of morpholine rings is 1. The smallest absolute Gasteiger partial charge is 0.246 e. The molecular formula is C22H23Cl2N3O3. The minimum absolute atomic E-state index is 0.136. The molecule has 0 saturated carbocycles. The van der Waals surface area contributed by atoms with Gasteiger partial charge in [-0.3, -0.25) is 14.5 Å². The summed E-state index contributed by atoms with van der Waals surface area (Å²) in [6.07, 6.45) is 1.46. The molecule has 2 saturated heterocycles. The second-order valence-electron chi connectivity index (χ2n) is 7.40. The Morgan fingerprint density at radius 3 is 2.40 bits per heavy atom. The Labute approximate surface area is 185 Å². The van der Waals surface area contributed by atoms with Crippen molar-refractivity contribution in [2.24, 2.45) is 0 Å². The van der Waals surface area contributed by atoms with E-state index in [2.05, 4.69) is 10.2 Å². The molecule has 1 atom stereocenters. The number of benzene rings is 2. The first-order valence-electron chi connectivity index (χ1n) is 10.0. The number of hydrogen-bond acceptors (Lipinski definition) is 4. The van der Waals surface area contributed by atoms with Crippen LogP contribution in [0.15, 0.2) is 42.5 Å². The van der Waals surface area contributed by atoms with Crippen LogP contribution in [0, 0.1) is 0 Å². The number of carbonyl (C=O) groups is 2. The van der Waals surface area contributed by atoms with Crippen LogP contribution in [0.3, 0.4) is 0 Å². The fourth-order valence-electron chi connectivity index (χ4n) is 3.92. The maximum Gasteiger partial charge on any atom is 0.246 e. The minimum Gasteiger partial charge on any atom is -0.379 e. The summed E-state index contributed by atoms with van der Waals surface area (Å²) in [4.78, 5) is 29.1. The molecule has 0 radical (unpaired) electrons. The molecule has 0 bridgehead atoms. The van der Waals surface area contributed by atoms with Crippen molar-refractivity contribution in [1.29, 1.82) is 0 Å². The summed E-state index contributed by atoms with van der Waals surface area (Å²) in [5.41, 5.74) is 2.22. The second kappa shape index (κ2) is 9.35. The number of nitrogens with one attached hydrogen (secondary N) is 1. The van der Waals surface area contributed by atoms with Crippen molar-refractivity contribution in [3.63, 3.8) is 0 Å². The lowest BCUT2D eigenvalue weighted by Gasteiger charge is -2.34. The van der Waals surface area contributed by atoms with Gasteiger partial charge in [0.2, 0.25) is 11.8 Å². The molecule has 1 N–H and O–H groups in total. The summed E-state index contributed by atoms with van der Waals surface area (Å²) in [6.45, 7) is 3.12. The number of hydrogen-bond donors (Lipinski definition) is 1. The third kappa shape index (κ3) is 4.62. The highest BCUT2D eigenvalue weighted by Gasteiger charge is 2.31. The van der Waals surface area contributed by atoms with Crippen LogP contribution in [0.2, 0.25) is 10.0 Å². The lowest BCUT2D eigenvalue weighted by molar-refractivity contribution is -0.123. The molecule has 30 heavy (non-hydrogen) atoms. The monoisotopic (exact) mass is 447 g/mol. The Morgan fingerprint density at radius 2 is 1.77 bits per heavy atom. The van der Waals surface area contributed by atoms with Gasteiger partial charge in [-0.1, -0.05) is 29.3 Å². The highest BCUT2D eigenvalue weighted by atomic mass is 35.5. The summed E-state index contributed by atoms with van der Waals surface area (Å²) >= 11 is 12.5. The maximum absolute atomic E-state index is 13.3. The van der Waals surface area contributed by atoms with Gasteiger partial charge < -0.3 is 15.0 Å². The van der Waals surface area contributed by atoms with Gasteiger partial charge in [-0.15, -0.1) is 0 Å². The molecule has 158 valence electrons. The predicted octanol–water partition coefficient (Wildman–Crippen LogP) is 4.13. The Balaban J connectivity index is 1.54. The lowest BCUT2D eigenvalue weighted by Crippen LogP contribution is -2.44. The van der Waals surface area contributed by atoms with E-state index in [0.29, 0.717) is 54.0 Å². The van der Waals surface area contributed by atoms with Crippen LogP contribution in [0.25, 0.3) is 0 Å². The zero-order valence-electron chi connectivity index (χ0n) is 16.4. The summed E-state index contributed by atoms with van der Waals surface area (Å²) < 4.78 is 5.44. The van der Waals surface area contributed by atoms with Crippen molar-refractivity contribution < 1.29 is 14.3 Å². The van der Waals surface area contributed by atoms with Gasteiger partial charge in [-0.25, -0.2) is 0 Å². The van der Waals surface area contributed by atoms with Gasteiger partial charge in [-0.05, 0) is 48.4 Å². The quantitative estimate of drug-likeness (QED) is 0.747. The van der Waals surface area contributed by atoms with E-state index in [0.717, 1.165) is 18.7 Å². The zero-order chi connectivity index (χ0) is 21.1. The van der Waals surface area contributed by atoms with Crippen LogP contribution in [-0.4, -0.2) is 49.6 Å². The highest BCUT2D eigenvalue weighted by Crippen LogP contribution is 2.32. The van der Waals surface area contributed by atoms with E-state index < -0.39 is 6.04 Å². The average Bonchev–Trinajstić information content (AvgIpc) is 3.17. The Bertz CT molecular complexity index is 930. The van der Waals surface area contributed by atoms with Crippen LogP contribution >= 0.6 is 23.2 Å². The van der Waals surface area contributed by atoms with Crippen molar-refractivity contribution in [3.05, 3.63) is 58.1 Å². The van der Waals surface area contributed by atoms with Gasteiger partial charge >= 0.3 is 0 Å². The van der Waals surface area contributed by atoms with Crippen LogP contribution in [0.4, 0.5) is 11.4 Å². The predicted molar refractivity (Wildman–Crippen MR) is 118 cm³/mol. The third-order valence-corrected chi connectivity index (χ3v) is 6.00. The SMILES string of the molecule is O=C(Nc1ccc(N2CCCC2=O)cc1)C(c1ccc(Cl)cc1Cl)N1CCOCC1. The molecule has 2 heterocycles. The van der Waals surface area contributed by atoms with Gasteiger partial charge in [0.25, 0.3) is 0 Å². The molecule has 0 aromatic heterocycles. The molecule has 8 heteroatoms. The van der Waals surface area contributed by atoms with Crippen LogP contribution in [0.1, 0.15) is 24.4 Å². The van der Waals surface area contributed by atoms with E-state index >= 15 is 0 Å². The van der Waals surface area contributed by atoms with Gasteiger partial charge in [0.05, 0.1) is 13.2 Å². The van der Waals surface area contributed by atoms with E-state index in [9.17, 15) is 9.59 Å². The molecule has 1 unspecified atom stereocenters. The van der Waals surface area contributed by atoms with Gasteiger partial charge in [-0.2, -0.15) is 0 Å². The number of halogens is 2. The van der Waals surface area contributed by atoms with Crippen LogP contribution in [-0.2, 0) is 14.3 Å².